The topological polar surface area (TPSA) is 101 Å². The summed E-state index contributed by atoms with van der Waals surface area (Å²) in [6.07, 6.45) is 3.69. The van der Waals surface area contributed by atoms with E-state index in [1.54, 1.807) is 12.1 Å². The van der Waals surface area contributed by atoms with Crippen molar-refractivity contribution in [3.05, 3.63) is 57.6 Å². The van der Waals surface area contributed by atoms with E-state index in [-0.39, 0.29) is 33.9 Å². The number of halogens is 2. The van der Waals surface area contributed by atoms with Crippen LogP contribution in [-0.4, -0.2) is 33.6 Å². The quantitative estimate of drug-likeness (QED) is 0.218. The van der Waals surface area contributed by atoms with E-state index in [2.05, 4.69) is 9.97 Å². The zero-order valence-corrected chi connectivity index (χ0v) is 24.1. The Kier molecular flexibility index (Phi) is 5.04. The second kappa shape index (κ2) is 8.19. The predicted molar refractivity (Wildman–Crippen MR) is 154 cm³/mol. The number of nitrogens with zero attached hydrogens (tertiary/aromatic N) is 4. The number of amides is 4. The number of aryl methyl sites for hydroxylation is 2. The molecule has 2 aliphatic heterocycles. The highest BCUT2D eigenvalue weighted by molar-refractivity contribution is 7.23. The molecule has 2 unspecified atom stereocenters. The maximum atomic E-state index is 13.8. The smallest absolute Gasteiger partial charge is 0.240 e. The molecule has 2 aromatic carbocycles. The molecule has 2 saturated heterocycles. The van der Waals surface area contributed by atoms with Gasteiger partial charge in [-0.05, 0) is 49.2 Å². The minimum Gasteiger partial charge on any atom is -0.274 e. The highest BCUT2D eigenvalue weighted by Gasteiger charge is 2.69. The van der Waals surface area contributed by atoms with Crippen LogP contribution in [0.1, 0.15) is 11.1 Å². The van der Waals surface area contributed by atoms with Gasteiger partial charge in [0.1, 0.15) is 0 Å². The largest absolute Gasteiger partial charge is 0.274 e. The van der Waals surface area contributed by atoms with Crippen molar-refractivity contribution in [1.29, 1.82) is 0 Å². The zero-order valence-electron chi connectivity index (χ0n) is 20.9. The minimum absolute atomic E-state index is 0.285. The molecule has 2 aromatic heterocycles. The van der Waals surface area contributed by atoms with Gasteiger partial charge in [0.15, 0.2) is 10.3 Å². The lowest BCUT2D eigenvalue weighted by atomic mass is 9.54. The molecule has 0 radical (unpaired) electrons. The number of anilines is 2. The van der Waals surface area contributed by atoms with Gasteiger partial charge in [-0.25, -0.2) is 19.8 Å². The highest BCUT2D eigenvalue weighted by atomic mass is 35.5. The Hall–Kier alpha value is -3.18. The predicted octanol–water partition coefficient (Wildman–Crippen LogP) is 5.56. The first-order chi connectivity index (χ1) is 19.1. The fraction of sp³-hybridized carbons (Fsp3) is 0.286. The molecule has 1 saturated carbocycles. The zero-order chi connectivity index (χ0) is 27.8. The van der Waals surface area contributed by atoms with Crippen molar-refractivity contribution >= 4 is 100 Å². The normalized spacial score (nSPS) is 29.0. The Morgan fingerprint density at radius 2 is 0.975 bits per heavy atom. The third kappa shape index (κ3) is 3.07. The van der Waals surface area contributed by atoms with Gasteiger partial charge < -0.3 is 0 Å². The van der Waals surface area contributed by atoms with Gasteiger partial charge in [0, 0.05) is 21.9 Å². The van der Waals surface area contributed by atoms with Gasteiger partial charge in [0.25, 0.3) is 0 Å². The van der Waals surface area contributed by atoms with Gasteiger partial charge in [0.05, 0.1) is 44.1 Å². The Morgan fingerprint density at radius 1 is 0.625 bits per heavy atom. The van der Waals surface area contributed by atoms with Crippen LogP contribution in [0.15, 0.2) is 36.4 Å². The number of fused-ring (bicyclic) bond motifs is 2. The minimum atomic E-state index is -0.727. The second-order valence-electron chi connectivity index (χ2n) is 10.8. The van der Waals surface area contributed by atoms with E-state index >= 15 is 0 Å². The molecule has 4 heterocycles. The van der Waals surface area contributed by atoms with E-state index in [9.17, 15) is 19.2 Å². The summed E-state index contributed by atoms with van der Waals surface area (Å²) >= 11 is 15.0. The van der Waals surface area contributed by atoms with E-state index < -0.39 is 35.5 Å². The molecule has 8 nitrogen and oxygen atoms in total. The van der Waals surface area contributed by atoms with E-state index in [1.807, 2.05) is 38.1 Å². The van der Waals surface area contributed by atoms with Gasteiger partial charge in [0.2, 0.25) is 23.6 Å². The Bertz CT molecular complexity index is 1660. The number of benzene rings is 2. The standard InChI is InChI=1S/C28H18Cl2N4O4S2/c1-9-5-17-15(7-13(9)29)31-27(39-17)33-23(35)19-11-3-4-12(20(19)24(33)36)22-21(11)25(37)34(26(22)38)28-32-16-8-14(30)10(2)6-18(16)40-28/h3-8,11-12,19-22H,1-2H3/t11?,12?,19-,20+,21+,22-. The van der Waals surface area contributed by atoms with Gasteiger partial charge >= 0.3 is 0 Å². The van der Waals surface area contributed by atoms with E-state index in [0.29, 0.717) is 21.1 Å². The van der Waals surface area contributed by atoms with Crippen molar-refractivity contribution < 1.29 is 19.2 Å². The number of carbonyl (C=O) groups excluding carboxylic acids is 4. The summed E-state index contributed by atoms with van der Waals surface area (Å²) in [6.45, 7) is 3.76. The summed E-state index contributed by atoms with van der Waals surface area (Å²) in [5, 5.41) is 1.68. The summed E-state index contributed by atoms with van der Waals surface area (Å²) < 4.78 is 1.64. The number of carbonyl (C=O) groups is 4. The molecule has 200 valence electrons. The lowest BCUT2D eigenvalue weighted by molar-refractivity contribution is -0.137. The van der Waals surface area contributed by atoms with Gasteiger partial charge in [-0.3, -0.25) is 19.2 Å². The molecular formula is C28H18Cl2N4O4S2. The Balaban J connectivity index is 1.17. The summed E-state index contributed by atoms with van der Waals surface area (Å²) in [5.74, 6) is -5.55. The molecule has 6 atom stereocenters. The van der Waals surface area contributed by atoms with Crippen molar-refractivity contribution in [1.82, 2.24) is 9.97 Å². The number of aromatic nitrogens is 2. The van der Waals surface area contributed by atoms with E-state index in [1.165, 1.54) is 22.7 Å². The van der Waals surface area contributed by atoms with Crippen LogP contribution in [0.2, 0.25) is 10.0 Å². The summed E-state index contributed by atoms with van der Waals surface area (Å²) in [7, 11) is 0. The highest BCUT2D eigenvalue weighted by Crippen LogP contribution is 2.59. The fourth-order valence-electron chi connectivity index (χ4n) is 6.87. The first kappa shape index (κ1) is 24.6. The average Bonchev–Trinajstić information content (AvgIpc) is 3.64. The Morgan fingerprint density at radius 3 is 1.32 bits per heavy atom. The number of imide groups is 2. The lowest BCUT2D eigenvalue weighted by Gasteiger charge is -2.44. The molecule has 3 aliphatic carbocycles. The number of hydrogen-bond acceptors (Lipinski definition) is 8. The lowest BCUT2D eigenvalue weighted by Crippen LogP contribution is -2.50. The van der Waals surface area contributed by atoms with Crippen molar-refractivity contribution in [3.8, 4) is 0 Å². The van der Waals surface area contributed by atoms with E-state index in [0.717, 1.165) is 30.3 Å². The average molecular weight is 610 g/mol. The molecule has 2 bridgehead atoms. The maximum Gasteiger partial charge on any atom is 0.240 e. The van der Waals surface area contributed by atoms with Crippen LogP contribution in [0.3, 0.4) is 0 Å². The molecule has 0 N–H and O–H groups in total. The molecular weight excluding hydrogens is 591 g/mol. The summed E-state index contributed by atoms with van der Waals surface area (Å²) in [6, 6.07) is 7.22. The molecule has 40 heavy (non-hydrogen) atoms. The van der Waals surface area contributed by atoms with Crippen LogP contribution in [0.4, 0.5) is 10.3 Å². The van der Waals surface area contributed by atoms with Crippen LogP contribution in [0.5, 0.6) is 0 Å². The first-order valence-corrected chi connectivity index (χ1v) is 15.1. The molecule has 9 rings (SSSR count). The van der Waals surface area contributed by atoms with Crippen LogP contribution >= 0.6 is 45.9 Å². The van der Waals surface area contributed by atoms with Crippen LogP contribution in [0, 0.1) is 49.4 Å². The fourth-order valence-corrected chi connectivity index (χ4v) is 9.30. The number of allylic oxidation sites excluding steroid dienone is 2. The van der Waals surface area contributed by atoms with Crippen LogP contribution in [0.25, 0.3) is 20.4 Å². The van der Waals surface area contributed by atoms with Gasteiger partial charge in [-0.2, -0.15) is 0 Å². The summed E-state index contributed by atoms with van der Waals surface area (Å²) in [4.78, 5) is 66.8. The third-order valence-electron chi connectivity index (χ3n) is 8.71. The molecule has 3 fully saturated rings. The van der Waals surface area contributed by atoms with Crippen molar-refractivity contribution in [3.63, 3.8) is 0 Å². The number of thiazole rings is 2. The SMILES string of the molecule is Cc1cc2sc(N3C(=O)[C@@H]4C5C=CC([C@H]6C(=O)N(c7nc8cc(Cl)c(C)cc8s7)C(=O)[C@@H]56)[C@@H]4C3=O)nc2cc1Cl. The Labute approximate surface area is 245 Å². The van der Waals surface area contributed by atoms with Crippen molar-refractivity contribution in [2.24, 2.45) is 35.5 Å². The third-order valence-corrected chi connectivity index (χ3v) is 11.5. The van der Waals surface area contributed by atoms with Gasteiger partial charge in [-0.15, -0.1) is 0 Å². The maximum absolute atomic E-state index is 13.8. The molecule has 12 heteroatoms. The van der Waals surface area contributed by atoms with Crippen LogP contribution in [-0.2, 0) is 19.2 Å². The van der Waals surface area contributed by atoms with Crippen molar-refractivity contribution in [2.45, 2.75) is 13.8 Å². The monoisotopic (exact) mass is 608 g/mol. The molecule has 5 aliphatic rings. The van der Waals surface area contributed by atoms with Gasteiger partial charge in [-0.1, -0.05) is 58.0 Å². The first-order valence-electron chi connectivity index (χ1n) is 12.7. The molecule has 4 aromatic rings. The van der Waals surface area contributed by atoms with Crippen molar-refractivity contribution in [2.75, 3.05) is 9.80 Å². The second-order valence-corrected chi connectivity index (χ2v) is 13.6. The summed E-state index contributed by atoms with van der Waals surface area (Å²) in [5.41, 5.74) is 2.97. The number of rotatable bonds is 2. The van der Waals surface area contributed by atoms with Crippen LogP contribution < -0.4 is 9.80 Å². The molecule has 4 amide bonds. The molecule has 0 spiro atoms. The number of hydrogen-bond donors (Lipinski definition) is 0. The van der Waals surface area contributed by atoms with E-state index in [4.69, 9.17) is 23.2 Å².